The quantitative estimate of drug-likeness (QED) is 0.917. The van der Waals surface area contributed by atoms with Gasteiger partial charge in [-0.25, -0.2) is 4.79 Å². The van der Waals surface area contributed by atoms with Crippen LogP contribution in [0, 0.1) is 12.8 Å². The third kappa shape index (κ3) is 3.51. The summed E-state index contributed by atoms with van der Waals surface area (Å²) in [5.41, 5.74) is 2.29. The van der Waals surface area contributed by atoms with E-state index in [-0.39, 0.29) is 0 Å². The summed E-state index contributed by atoms with van der Waals surface area (Å²) in [7, 11) is 4.21. The zero-order chi connectivity index (χ0) is 14.7. The number of hydrogen-bond donors (Lipinski definition) is 1. The van der Waals surface area contributed by atoms with Crippen molar-refractivity contribution in [3.63, 3.8) is 0 Å². The Hall–Kier alpha value is -1.55. The van der Waals surface area contributed by atoms with Gasteiger partial charge in [-0.3, -0.25) is 0 Å². The molecular weight excluding hydrogens is 252 g/mol. The Morgan fingerprint density at radius 2 is 2.00 bits per heavy atom. The third-order valence-electron chi connectivity index (χ3n) is 3.96. The van der Waals surface area contributed by atoms with Crippen molar-refractivity contribution < 1.29 is 9.90 Å². The van der Waals surface area contributed by atoms with Crippen molar-refractivity contribution in [1.29, 1.82) is 0 Å². The molecule has 0 saturated carbocycles. The number of hydrogen-bond acceptors (Lipinski definition) is 3. The molecule has 1 aromatic carbocycles. The molecule has 1 aliphatic heterocycles. The minimum absolute atomic E-state index is 0.427. The van der Waals surface area contributed by atoms with Gasteiger partial charge in [0.05, 0.1) is 11.3 Å². The zero-order valence-electron chi connectivity index (χ0n) is 12.6. The Balaban J connectivity index is 2.09. The van der Waals surface area contributed by atoms with E-state index in [0.717, 1.165) is 49.6 Å². The van der Waals surface area contributed by atoms with E-state index in [1.165, 1.54) is 0 Å². The summed E-state index contributed by atoms with van der Waals surface area (Å²) in [5.74, 6) is -0.112. The molecular formula is C16H24N2O2. The molecule has 2 rings (SSSR count). The van der Waals surface area contributed by atoms with Gasteiger partial charge >= 0.3 is 5.97 Å². The molecule has 0 atom stereocenters. The normalized spacial score (nSPS) is 16.7. The highest BCUT2D eigenvalue weighted by molar-refractivity contribution is 5.94. The summed E-state index contributed by atoms with van der Waals surface area (Å²) in [6.07, 6.45) is 2.26. The first-order chi connectivity index (χ1) is 9.47. The van der Waals surface area contributed by atoms with Crippen molar-refractivity contribution in [2.75, 3.05) is 38.6 Å². The molecule has 0 spiro atoms. The molecule has 110 valence electrons. The lowest BCUT2D eigenvalue weighted by Gasteiger charge is -2.35. The second-order valence-corrected chi connectivity index (χ2v) is 6.02. The minimum Gasteiger partial charge on any atom is -0.478 e. The van der Waals surface area contributed by atoms with Crippen molar-refractivity contribution in [3.05, 3.63) is 29.3 Å². The number of aryl methyl sites for hydroxylation is 1. The summed E-state index contributed by atoms with van der Waals surface area (Å²) in [5, 5.41) is 9.36. The van der Waals surface area contributed by atoms with E-state index in [4.69, 9.17) is 0 Å². The predicted octanol–water partition coefficient (Wildman–Crippen LogP) is 2.47. The van der Waals surface area contributed by atoms with Crippen molar-refractivity contribution in [3.8, 4) is 0 Å². The highest BCUT2D eigenvalue weighted by Crippen LogP contribution is 2.27. The van der Waals surface area contributed by atoms with Crippen molar-refractivity contribution >= 4 is 11.7 Å². The lowest BCUT2D eigenvalue weighted by atomic mass is 9.95. The molecule has 1 saturated heterocycles. The Labute approximate surface area is 121 Å². The van der Waals surface area contributed by atoms with Gasteiger partial charge in [0.15, 0.2) is 0 Å². The maximum Gasteiger partial charge on any atom is 0.337 e. The fourth-order valence-corrected chi connectivity index (χ4v) is 2.97. The number of carboxylic acids is 1. The van der Waals surface area contributed by atoms with Gasteiger partial charge in [-0.15, -0.1) is 0 Å². The van der Waals surface area contributed by atoms with Gasteiger partial charge in [0.2, 0.25) is 0 Å². The Bertz CT molecular complexity index is 477. The average molecular weight is 276 g/mol. The second kappa shape index (κ2) is 6.27. The van der Waals surface area contributed by atoms with E-state index in [1.807, 2.05) is 19.1 Å². The van der Waals surface area contributed by atoms with E-state index in [9.17, 15) is 9.90 Å². The first-order valence-electron chi connectivity index (χ1n) is 7.21. The number of piperidine rings is 1. The SMILES string of the molecule is Cc1ccc(N2CCC(CN(C)C)CC2)c(C(=O)O)c1. The Morgan fingerprint density at radius 1 is 1.35 bits per heavy atom. The molecule has 20 heavy (non-hydrogen) atoms. The van der Waals surface area contributed by atoms with Crippen LogP contribution in [0.4, 0.5) is 5.69 Å². The molecule has 1 aliphatic rings. The van der Waals surface area contributed by atoms with Gasteiger partial charge in [-0.2, -0.15) is 0 Å². The number of carbonyl (C=O) groups is 1. The first-order valence-corrected chi connectivity index (χ1v) is 7.21. The molecule has 4 nitrogen and oxygen atoms in total. The van der Waals surface area contributed by atoms with Gasteiger partial charge in [0, 0.05) is 19.6 Å². The van der Waals surface area contributed by atoms with Crippen LogP contribution >= 0.6 is 0 Å². The molecule has 1 fully saturated rings. The largest absolute Gasteiger partial charge is 0.478 e. The fraction of sp³-hybridized carbons (Fsp3) is 0.562. The lowest BCUT2D eigenvalue weighted by Crippen LogP contribution is -2.37. The fourth-order valence-electron chi connectivity index (χ4n) is 2.97. The van der Waals surface area contributed by atoms with Crippen LogP contribution in [-0.4, -0.2) is 49.7 Å². The van der Waals surface area contributed by atoms with E-state index < -0.39 is 5.97 Å². The molecule has 1 N–H and O–H groups in total. The van der Waals surface area contributed by atoms with E-state index in [0.29, 0.717) is 5.56 Å². The molecule has 0 unspecified atom stereocenters. The van der Waals surface area contributed by atoms with Crippen molar-refractivity contribution in [2.45, 2.75) is 19.8 Å². The molecule has 1 heterocycles. The van der Waals surface area contributed by atoms with E-state index in [1.54, 1.807) is 6.07 Å². The highest BCUT2D eigenvalue weighted by atomic mass is 16.4. The molecule has 0 aliphatic carbocycles. The van der Waals surface area contributed by atoms with Crippen LogP contribution in [-0.2, 0) is 0 Å². The van der Waals surface area contributed by atoms with Gasteiger partial charge in [0.25, 0.3) is 0 Å². The second-order valence-electron chi connectivity index (χ2n) is 6.02. The summed E-state index contributed by atoms with van der Waals surface area (Å²) >= 11 is 0. The third-order valence-corrected chi connectivity index (χ3v) is 3.96. The number of nitrogens with zero attached hydrogens (tertiary/aromatic N) is 2. The standard InChI is InChI=1S/C16H24N2O2/c1-12-4-5-15(14(10-12)16(19)20)18-8-6-13(7-9-18)11-17(2)3/h4-5,10,13H,6-9,11H2,1-3H3,(H,19,20). The summed E-state index contributed by atoms with van der Waals surface area (Å²) in [6, 6.07) is 5.71. The van der Waals surface area contributed by atoms with Gasteiger partial charge in [-0.05, 0) is 51.9 Å². The molecule has 0 bridgehead atoms. The number of carboxylic acid groups (broad SMARTS) is 1. The van der Waals surface area contributed by atoms with Gasteiger partial charge in [0.1, 0.15) is 0 Å². The molecule has 1 aromatic rings. The zero-order valence-corrected chi connectivity index (χ0v) is 12.6. The molecule has 0 aromatic heterocycles. The monoisotopic (exact) mass is 276 g/mol. The van der Waals surface area contributed by atoms with Crippen LogP contribution in [0.5, 0.6) is 0 Å². The minimum atomic E-state index is -0.834. The van der Waals surface area contributed by atoms with Crippen LogP contribution in [0.2, 0.25) is 0 Å². The van der Waals surface area contributed by atoms with Gasteiger partial charge < -0.3 is 14.9 Å². The summed E-state index contributed by atoms with van der Waals surface area (Å²) < 4.78 is 0. The summed E-state index contributed by atoms with van der Waals surface area (Å²) in [4.78, 5) is 15.8. The Morgan fingerprint density at radius 3 is 2.55 bits per heavy atom. The maximum absolute atomic E-state index is 11.4. The van der Waals surface area contributed by atoms with Crippen LogP contribution < -0.4 is 4.90 Å². The van der Waals surface area contributed by atoms with E-state index in [2.05, 4.69) is 23.9 Å². The number of rotatable bonds is 4. The first kappa shape index (κ1) is 14.9. The predicted molar refractivity (Wildman–Crippen MR) is 81.6 cm³/mol. The van der Waals surface area contributed by atoms with Crippen LogP contribution in [0.25, 0.3) is 0 Å². The van der Waals surface area contributed by atoms with E-state index >= 15 is 0 Å². The lowest BCUT2D eigenvalue weighted by molar-refractivity contribution is 0.0697. The maximum atomic E-state index is 11.4. The van der Waals surface area contributed by atoms with Crippen LogP contribution in [0.1, 0.15) is 28.8 Å². The Kier molecular flexibility index (Phi) is 4.65. The number of benzene rings is 1. The highest BCUT2D eigenvalue weighted by Gasteiger charge is 2.23. The van der Waals surface area contributed by atoms with Crippen molar-refractivity contribution in [2.24, 2.45) is 5.92 Å². The van der Waals surface area contributed by atoms with Crippen molar-refractivity contribution in [1.82, 2.24) is 4.90 Å². The number of anilines is 1. The molecule has 0 amide bonds. The number of aromatic carboxylic acids is 1. The topological polar surface area (TPSA) is 43.8 Å². The average Bonchev–Trinajstić information content (AvgIpc) is 2.39. The summed E-state index contributed by atoms with van der Waals surface area (Å²) in [6.45, 7) is 4.94. The smallest absolute Gasteiger partial charge is 0.337 e. The molecule has 0 radical (unpaired) electrons. The van der Waals surface area contributed by atoms with Crippen LogP contribution in [0.15, 0.2) is 18.2 Å². The van der Waals surface area contributed by atoms with Crippen LogP contribution in [0.3, 0.4) is 0 Å². The van der Waals surface area contributed by atoms with Gasteiger partial charge in [-0.1, -0.05) is 11.6 Å². The molecule has 4 heteroatoms.